The normalized spacial score (nSPS) is 42.4. The lowest BCUT2D eigenvalue weighted by Gasteiger charge is -2.45. The number of piperidine rings is 1. The average Bonchev–Trinajstić information content (AvgIpc) is 3.16. The summed E-state index contributed by atoms with van der Waals surface area (Å²) in [5.41, 5.74) is 1.55. The largest absolute Gasteiger partial charge is 0.303 e. The number of hydrogen-bond donors (Lipinski definition) is 0. The molecule has 0 aromatic heterocycles. The fraction of sp³-hybridized carbons (Fsp3) is 1.00. The van der Waals surface area contributed by atoms with Gasteiger partial charge in [-0.25, -0.2) is 0 Å². The number of nitrogens with zero attached hydrogens (tertiary/aromatic N) is 1. The lowest BCUT2D eigenvalue weighted by atomic mass is 9.66. The van der Waals surface area contributed by atoms with Gasteiger partial charge in [-0.05, 0) is 119 Å². The van der Waals surface area contributed by atoms with Gasteiger partial charge in [0, 0.05) is 6.04 Å². The maximum Gasteiger partial charge on any atom is 0.0100 e. The van der Waals surface area contributed by atoms with E-state index in [1.165, 1.54) is 57.9 Å². The minimum atomic E-state index is 0.719. The minimum Gasteiger partial charge on any atom is -0.303 e. The van der Waals surface area contributed by atoms with Gasteiger partial charge in [-0.1, -0.05) is 27.2 Å². The monoisotopic (exact) mass is 345 g/mol. The highest BCUT2D eigenvalue weighted by atomic mass is 15.1. The van der Waals surface area contributed by atoms with Crippen LogP contribution in [0.15, 0.2) is 0 Å². The predicted molar refractivity (Wildman–Crippen MR) is 108 cm³/mol. The smallest absolute Gasteiger partial charge is 0.0100 e. The van der Waals surface area contributed by atoms with Crippen LogP contribution in [-0.4, -0.2) is 24.5 Å². The van der Waals surface area contributed by atoms with Crippen LogP contribution in [0.25, 0.3) is 0 Å². The van der Waals surface area contributed by atoms with Crippen LogP contribution in [0, 0.1) is 34.5 Å². The van der Waals surface area contributed by atoms with E-state index in [1.807, 2.05) is 0 Å². The van der Waals surface area contributed by atoms with Crippen LogP contribution < -0.4 is 0 Å². The van der Waals surface area contributed by atoms with Crippen molar-refractivity contribution >= 4 is 0 Å². The molecule has 1 aliphatic heterocycles. The van der Waals surface area contributed by atoms with Gasteiger partial charge in [0.1, 0.15) is 0 Å². The number of hydrogen-bond acceptors (Lipinski definition) is 1. The van der Waals surface area contributed by atoms with Gasteiger partial charge >= 0.3 is 0 Å². The molecule has 5 atom stereocenters. The van der Waals surface area contributed by atoms with Crippen LogP contribution in [0.5, 0.6) is 0 Å². The molecule has 0 radical (unpaired) electrons. The third kappa shape index (κ3) is 3.56. The molecule has 0 aromatic rings. The third-order valence-electron chi connectivity index (χ3n) is 9.57. The zero-order chi connectivity index (χ0) is 17.7. The molecule has 0 N–H and O–H groups in total. The summed E-state index contributed by atoms with van der Waals surface area (Å²) in [5.74, 6) is 3.90. The van der Waals surface area contributed by atoms with Crippen molar-refractivity contribution in [1.82, 2.24) is 4.90 Å². The standard InChI is InChI=1S/C24H43N/c1-18(2)20-6-11-24(15-20)12-13-25(4)22(17-24)14-19(3)21-7-10-23(16-21)8-5-9-23/h18-22H,5-17H2,1-4H3/t19?,20?,21-,22?,24?/m1/s1. The van der Waals surface area contributed by atoms with E-state index >= 15 is 0 Å². The Labute approximate surface area is 157 Å². The molecule has 4 fully saturated rings. The second kappa shape index (κ2) is 6.84. The predicted octanol–water partition coefficient (Wildman–Crippen LogP) is 6.52. The fourth-order valence-corrected chi connectivity index (χ4v) is 7.34. The first-order chi connectivity index (χ1) is 11.9. The quantitative estimate of drug-likeness (QED) is 0.560. The summed E-state index contributed by atoms with van der Waals surface area (Å²) in [6.45, 7) is 8.86. The van der Waals surface area contributed by atoms with E-state index in [9.17, 15) is 0 Å². The zero-order valence-corrected chi connectivity index (χ0v) is 17.5. The van der Waals surface area contributed by atoms with E-state index in [0.29, 0.717) is 0 Å². The summed E-state index contributed by atoms with van der Waals surface area (Å²) in [6.07, 6.45) is 18.3. The first-order valence-corrected chi connectivity index (χ1v) is 11.6. The molecule has 4 rings (SSSR count). The minimum absolute atomic E-state index is 0.719. The molecule has 1 nitrogen and oxygen atoms in total. The summed E-state index contributed by atoms with van der Waals surface area (Å²) in [7, 11) is 2.42. The van der Waals surface area contributed by atoms with E-state index < -0.39 is 0 Å². The molecule has 0 aromatic carbocycles. The van der Waals surface area contributed by atoms with Crippen molar-refractivity contribution in [3.8, 4) is 0 Å². The third-order valence-corrected chi connectivity index (χ3v) is 9.57. The first kappa shape index (κ1) is 18.3. The lowest BCUT2D eigenvalue weighted by molar-refractivity contribution is 0.0478. The highest BCUT2D eigenvalue weighted by Gasteiger charge is 2.47. The van der Waals surface area contributed by atoms with Crippen molar-refractivity contribution in [1.29, 1.82) is 0 Å². The number of likely N-dealkylation sites (tertiary alicyclic amines) is 1. The van der Waals surface area contributed by atoms with Crippen molar-refractivity contribution in [2.45, 2.75) is 104 Å². The summed E-state index contributed by atoms with van der Waals surface area (Å²) in [4.78, 5) is 2.73. The van der Waals surface area contributed by atoms with Gasteiger partial charge in [-0.15, -0.1) is 0 Å². The molecule has 3 saturated carbocycles. The fourth-order valence-electron chi connectivity index (χ4n) is 7.34. The molecule has 1 saturated heterocycles. The molecule has 144 valence electrons. The molecule has 1 heterocycles. The summed E-state index contributed by atoms with van der Waals surface area (Å²) in [6, 6.07) is 0.868. The van der Waals surface area contributed by atoms with E-state index in [1.54, 1.807) is 25.7 Å². The van der Waals surface area contributed by atoms with Crippen LogP contribution in [0.1, 0.15) is 97.8 Å². The van der Waals surface area contributed by atoms with Crippen LogP contribution in [0.3, 0.4) is 0 Å². The zero-order valence-electron chi connectivity index (χ0n) is 17.5. The molecule has 4 unspecified atom stereocenters. The van der Waals surface area contributed by atoms with Crippen molar-refractivity contribution < 1.29 is 0 Å². The summed E-state index contributed by atoms with van der Waals surface area (Å²) in [5, 5.41) is 0. The molecule has 3 aliphatic carbocycles. The van der Waals surface area contributed by atoms with Gasteiger partial charge in [0.05, 0.1) is 0 Å². The summed E-state index contributed by atoms with van der Waals surface area (Å²) >= 11 is 0. The second-order valence-corrected chi connectivity index (χ2v) is 11.4. The van der Waals surface area contributed by atoms with Gasteiger partial charge in [0.2, 0.25) is 0 Å². The molecule has 4 aliphatic rings. The van der Waals surface area contributed by atoms with E-state index in [0.717, 1.165) is 40.5 Å². The molecule has 2 spiro atoms. The molecule has 0 bridgehead atoms. The van der Waals surface area contributed by atoms with E-state index in [4.69, 9.17) is 0 Å². The van der Waals surface area contributed by atoms with Crippen LogP contribution in [0.4, 0.5) is 0 Å². The molecule has 25 heavy (non-hydrogen) atoms. The Hall–Kier alpha value is -0.0400. The Kier molecular flexibility index (Phi) is 5.02. The van der Waals surface area contributed by atoms with Crippen LogP contribution in [-0.2, 0) is 0 Å². The summed E-state index contributed by atoms with van der Waals surface area (Å²) < 4.78 is 0. The average molecular weight is 346 g/mol. The van der Waals surface area contributed by atoms with Crippen molar-refractivity contribution in [2.24, 2.45) is 34.5 Å². The van der Waals surface area contributed by atoms with Crippen LogP contribution >= 0.6 is 0 Å². The van der Waals surface area contributed by atoms with E-state index in [2.05, 4.69) is 32.7 Å². The van der Waals surface area contributed by atoms with Crippen molar-refractivity contribution in [3.05, 3.63) is 0 Å². The molecule has 1 heteroatoms. The molecular formula is C24H43N. The lowest BCUT2D eigenvalue weighted by Crippen LogP contribution is -2.45. The highest BCUT2D eigenvalue weighted by molar-refractivity contribution is 4.99. The Balaban J connectivity index is 1.34. The van der Waals surface area contributed by atoms with Gasteiger partial charge in [0.25, 0.3) is 0 Å². The van der Waals surface area contributed by atoms with Crippen LogP contribution in [0.2, 0.25) is 0 Å². The second-order valence-electron chi connectivity index (χ2n) is 11.4. The topological polar surface area (TPSA) is 3.24 Å². The van der Waals surface area contributed by atoms with E-state index in [-0.39, 0.29) is 0 Å². The van der Waals surface area contributed by atoms with Gasteiger partial charge in [-0.3, -0.25) is 0 Å². The Morgan fingerprint density at radius 2 is 1.52 bits per heavy atom. The van der Waals surface area contributed by atoms with Gasteiger partial charge < -0.3 is 4.90 Å². The maximum atomic E-state index is 2.73. The Bertz CT molecular complexity index is 465. The molecule has 0 amide bonds. The first-order valence-electron chi connectivity index (χ1n) is 11.6. The maximum absolute atomic E-state index is 2.73. The highest BCUT2D eigenvalue weighted by Crippen LogP contribution is 2.57. The Morgan fingerprint density at radius 3 is 2.12 bits per heavy atom. The Morgan fingerprint density at radius 1 is 0.840 bits per heavy atom. The van der Waals surface area contributed by atoms with Gasteiger partial charge in [0.15, 0.2) is 0 Å². The molecular weight excluding hydrogens is 302 g/mol. The van der Waals surface area contributed by atoms with Gasteiger partial charge in [-0.2, -0.15) is 0 Å². The SMILES string of the molecule is CC(C)C1CCC2(CCN(C)C(CC(C)[C@@H]3CCC4(CCC4)C3)C2)C1. The van der Waals surface area contributed by atoms with Crippen molar-refractivity contribution in [3.63, 3.8) is 0 Å². The van der Waals surface area contributed by atoms with Crippen molar-refractivity contribution in [2.75, 3.05) is 13.6 Å². The number of rotatable bonds is 4.